The number of aliphatic hydroxyl groups is 1. The van der Waals surface area contributed by atoms with Crippen molar-refractivity contribution in [3.63, 3.8) is 0 Å². The number of nitrogens with zero attached hydrogens (tertiary/aromatic N) is 1. The van der Waals surface area contributed by atoms with Gasteiger partial charge in [-0.3, -0.25) is 23.7 Å². The molecule has 1 aromatic heterocycles. The van der Waals surface area contributed by atoms with Gasteiger partial charge in [-0.25, -0.2) is 8.96 Å². The molecule has 2 aromatic rings. The fraction of sp³-hybridized carbons (Fsp3) is 0.500. The van der Waals surface area contributed by atoms with Crippen LogP contribution in [0.5, 0.6) is 5.75 Å². The number of aromatic amines is 1. The maximum atomic E-state index is 15.5. The maximum Gasteiger partial charge on any atom is 0.459 e. The van der Waals surface area contributed by atoms with Gasteiger partial charge in [0.1, 0.15) is 24.0 Å². The Kier molecular flexibility index (Phi) is 8.86. The molecular weight excluding hydrogens is 516 g/mol. The largest absolute Gasteiger partial charge is 0.462 e. The molecule has 0 saturated carbocycles. The number of carbonyl (C=O) groups is 1. The quantitative estimate of drug-likeness (QED) is 0.232. The molecule has 36 heavy (non-hydrogen) atoms. The average Bonchev–Trinajstić information content (AvgIpc) is 3.01. The van der Waals surface area contributed by atoms with Crippen molar-refractivity contribution in [2.24, 2.45) is 0 Å². The Balaban J connectivity index is 1.80. The van der Waals surface area contributed by atoms with Gasteiger partial charge in [0.05, 0.1) is 12.7 Å². The van der Waals surface area contributed by atoms with Gasteiger partial charge in [-0.1, -0.05) is 18.2 Å². The van der Waals surface area contributed by atoms with Crippen LogP contribution < -0.4 is 15.2 Å². The van der Waals surface area contributed by atoms with Crippen molar-refractivity contribution in [1.82, 2.24) is 14.6 Å². The number of ether oxygens (including phenoxy) is 2. The Morgan fingerprint density at radius 2 is 2.00 bits per heavy atom. The summed E-state index contributed by atoms with van der Waals surface area (Å²) in [6.45, 7) is 5.29. The Bertz CT molecular complexity index is 1220. The van der Waals surface area contributed by atoms with Crippen LogP contribution in [0.2, 0.25) is 0 Å². The second kappa shape index (κ2) is 11.3. The Hall–Kier alpha value is -2.41. The summed E-state index contributed by atoms with van der Waals surface area (Å²) in [4.78, 5) is 26.1. The molecule has 6 unspecified atom stereocenters. The lowest BCUT2D eigenvalue weighted by Crippen LogP contribution is -2.41. The lowest BCUT2D eigenvalue weighted by Gasteiger charge is -2.25. The molecule has 0 amide bonds. The lowest BCUT2D eigenvalue weighted by molar-refractivity contribution is -0.149. The van der Waals surface area contributed by atoms with Crippen molar-refractivity contribution in [3.8, 4) is 5.75 Å². The van der Waals surface area contributed by atoms with Gasteiger partial charge in [-0.05, 0) is 52.0 Å². The van der Waals surface area contributed by atoms with Crippen molar-refractivity contribution in [3.05, 3.63) is 57.7 Å². The van der Waals surface area contributed by atoms with Gasteiger partial charge in [-0.15, -0.1) is 0 Å². The van der Waals surface area contributed by atoms with E-state index >= 15 is 4.39 Å². The molecule has 1 aliphatic rings. The maximum absolute atomic E-state index is 15.5. The molecule has 1 fully saturated rings. The molecule has 3 rings (SSSR count). The molecule has 3 N–H and O–H groups in total. The first kappa shape index (κ1) is 28.2. The number of esters is 1. The third kappa shape index (κ3) is 6.67. The van der Waals surface area contributed by atoms with Gasteiger partial charge in [0, 0.05) is 12.3 Å². The number of halogens is 1. The molecule has 6 atom stereocenters. The number of para-hydroxylation sites is 1. The highest BCUT2D eigenvalue weighted by atomic mass is 32.1. The van der Waals surface area contributed by atoms with E-state index in [9.17, 15) is 19.3 Å². The third-order valence-electron chi connectivity index (χ3n) is 5.26. The summed E-state index contributed by atoms with van der Waals surface area (Å²) in [5.41, 5.74) is -2.83. The first-order valence-electron chi connectivity index (χ1n) is 11.1. The number of nitrogens with one attached hydrogen (secondary N) is 2. The molecular formula is C22H29FN3O8PS. The fourth-order valence-corrected chi connectivity index (χ4v) is 5.23. The van der Waals surface area contributed by atoms with E-state index in [1.807, 2.05) is 0 Å². The van der Waals surface area contributed by atoms with Crippen LogP contribution >= 0.6 is 20.0 Å². The van der Waals surface area contributed by atoms with Crippen LogP contribution in [-0.4, -0.2) is 57.3 Å². The van der Waals surface area contributed by atoms with E-state index in [1.165, 1.54) is 25.3 Å². The number of aromatic nitrogens is 2. The Morgan fingerprint density at radius 3 is 2.61 bits per heavy atom. The number of benzene rings is 1. The van der Waals surface area contributed by atoms with E-state index in [1.54, 1.807) is 32.0 Å². The third-order valence-corrected chi connectivity index (χ3v) is 7.21. The van der Waals surface area contributed by atoms with Gasteiger partial charge in [-0.2, -0.15) is 5.09 Å². The van der Waals surface area contributed by atoms with Crippen LogP contribution in [0.25, 0.3) is 0 Å². The van der Waals surface area contributed by atoms with E-state index in [0.29, 0.717) is 0 Å². The highest BCUT2D eigenvalue weighted by Crippen LogP contribution is 2.47. The number of H-pyrrole nitrogens is 1. The van der Waals surface area contributed by atoms with Gasteiger partial charge in [0.2, 0.25) is 0 Å². The van der Waals surface area contributed by atoms with Crippen LogP contribution in [0.4, 0.5) is 4.39 Å². The van der Waals surface area contributed by atoms with Gasteiger partial charge >= 0.3 is 13.7 Å². The predicted octanol–water partition coefficient (Wildman–Crippen LogP) is 3.03. The topological polar surface area (TPSA) is 141 Å². The highest BCUT2D eigenvalue weighted by Gasteiger charge is 2.55. The van der Waals surface area contributed by atoms with Crippen molar-refractivity contribution in [2.75, 3.05) is 6.61 Å². The van der Waals surface area contributed by atoms with Crippen molar-refractivity contribution >= 4 is 25.9 Å². The summed E-state index contributed by atoms with van der Waals surface area (Å²) in [6, 6.07) is 8.12. The average molecular weight is 546 g/mol. The molecule has 198 valence electrons. The van der Waals surface area contributed by atoms with Crippen molar-refractivity contribution < 1.29 is 37.4 Å². The van der Waals surface area contributed by atoms with Crippen LogP contribution in [0, 0.1) is 4.77 Å². The zero-order chi connectivity index (χ0) is 26.7. The molecule has 1 saturated heterocycles. The van der Waals surface area contributed by atoms with Gasteiger partial charge < -0.3 is 19.1 Å². The van der Waals surface area contributed by atoms with E-state index < -0.39 is 62.1 Å². The summed E-state index contributed by atoms with van der Waals surface area (Å²) in [5.74, 6) is -0.509. The number of hydrogen-bond donors (Lipinski definition) is 3. The minimum absolute atomic E-state index is 0.109. The first-order valence-corrected chi connectivity index (χ1v) is 13.1. The predicted molar refractivity (Wildman–Crippen MR) is 130 cm³/mol. The number of rotatable bonds is 10. The monoisotopic (exact) mass is 545 g/mol. The Morgan fingerprint density at radius 1 is 1.33 bits per heavy atom. The second-order valence-corrected chi connectivity index (χ2v) is 10.8. The molecule has 0 aliphatic carbocycles. The molecule has 11 nitrogen and oxygen atoms in total. The lowest BCUT2D eigenvalue weighted by atomic mass is 9.99. The molecule has 1 aliphatic heterocycles. The van der Waals surface area contributed by atoms with Crippen LogP contribution in [0.3, 0.4) is 0 Å². The van der Waals surface area contributed by atoms with Gasteiger partial charge in [0.25, 0.3) is 5.56 Å². The standard InChI is InChI=1S/C22H29FN3O8PS/c1-13(2)32-19(29)14(3)25-35(30,34-15-8-6-5-7-9-15)31-12-16-18(28)22(4,23)20(33-16)26-11-10-17(27)24-21(26)36/h5-11,13-14,16,18,20,28H,12H2,1-4H3,(H,25,30)(H,24,27,36). The summed E-state index contributed by atoms with van der Waals surface area (Å²) >= 11 is 5.08. The number of carbonyl (C=O) groups excluding carboxylic acids is 1. The number of hydrogen-bond acceptors (Lipinski definition) is 9. The number of aliphatic hydroxyl groups excluding tert-OH is 1. The normalized spacial score (nSPS) is 26.4. The fourth-order valence-electron chi connectivity index (χ4n) is 3.47. The SMILES string of the molecule is CC(C)OC(=O)C(C)NP(=O)(OCC1OC(n2ccc(=O)[nH]c2=S)C(C)(F)C1O)Oc1ccccc1. The van der Waals surface area contributed by atoms with E-state index in [0.717, 1.165) is 17.6 Å². The second-order valence-electron chi connectivity index (χ2n) is 8.67. The molecule has 2 heterocycles. The van der Waals surface area contributed by atoms with Gasteiger partial charge in [0.15, 0.2) is 16.7 Å². The smallest absolute Gasteiger partial charge is 0.459 e. The molecule has 0 spiro atoms. The van der Waals surface area contributed by atoms with Crippen molar-refractivity contribution in [2.45, 2.75) is 63.9 Å². The van der Waals surface area contributed by atoms with Crippen molar-refractivity contribution in [1.29, 1.82) is 0 Å². The summed E-state index contributed by atoms with van der Waals surface area (Å²) in [7, 11) is -4.26. The number of alkyl halides is 1. The minimum atomic E-state index is -4.26. The highest BCUT2D eigenvalue weighted by molar-refractivity contribution is 7.71. The van der Waals surface area contributed by atoms with E-state index in [4.69, 9.17) is 30.7 Å². The first-order chi connectivity index (χ1) is 16.8. The zero-order valence-electron chi connectivity index (χ0n) is 20.1. The Labute approximate surface area is 212 Å². The van der Waals surface area contributed by atoms with Crippen LogP contribution in [0.1, 0.15) is 33.9 Å². The minimum Gasteiger partial charge on any atom is -0.462 e. The molecule has 0 bridgehead atoms. The summed E-state index contributed by atoms with van der Waals surface area (Å²) < 4.78 is 52.0. The van der Waals surface area contributed by atoms with E-state index in [2.05, 4.69) is 10.1 Å². The van der Waals surface area contributed by atoms with Crippen LogP contribution in [-0.2, 0) is 23.4 Å². The molecule has 1 aromatic carbocycles. The molecule has 0 radical (unpaired) electrons. The summed E-state index contributed by atoms with van der Waals surface area (Å²) in [6.07, 6.45) is -3.59. The van der Waals surface area contributed by atoms with E-state index in [-0.39, 0.29) is 10.5 Å². The molecule has 14 heteroatoms. The van der Waals surface area contributed by atoms with Crippen LogP contribution in [0.15, 0.2) is 47.4 Å². The summed E-state index contributed by atoms with van der Waals surface area (Å²) in [5, 5.41) is 13.1. The zero-order valence-corrected chi connectivity index (χ0v) is 21.8.